The fourth-order valence-corrected chi connectivity index (χ4v) is 1.80. The van der Waals surface area contributed by atoms with E-state index >= 15 is 0 Å². The molecule has 0 atom stereocenters. The van der Waals surface area contributed by atoms with Crippen LogP contribution in [0, 0.1) is 0 Å². The van der Waals surface area contributed by atoms with Crippen LogP contribution in [0.2, 0.25) is 0 Å². The van der Waals surface area contributed by atoms with E-state index in [2.05, 4.69) is 15.4 Å². The molecule has 0 aliphatic carbocycles. The van der Waals surface area contributed by atoms with Gasteiger partial charge in [0.15, 0.2) is 22.5 Å². The van der Waals surface area contributed by atoms with Crippen molar-refractivity contribution in [1.82, 2.24) is 15.4 Å². The lowest BCUT2D eigenvalue weighted by Crippen LogP contribution is -2.48. The molecule has 0 aromatic carbocycles. The van der Waals surface area contributed by atoms with Crippen molar-refractivity contribution in [2.24, 2.45) is 0 Å². The second kappa shape index (κ2) is 8.12. The molecule has 122 valence electrons. The molecule has 0 aliphatic heterocycles. The molecule has 0 unspecified atom stereocenters. The lowest BCUT2D eigenvalue weighted by Gasteiger charge is -2.23. The van der Waals surface area contributed by atoms with Crippen molar-refractivity contribution >= 4 is 41.3 Å². The number of aromatic nitrogens is 2. The third-order valence-corrected chi connectivity index (χ3v) is 2.80. The fraction of sp³-hybridized carbons (Fsp3) is 0.455. The number of nitrogens with two attached hydrogens (primary N) is 2. The van der Waals surface area contributed by atoms with Gasteiger partial charge in [0.25, 0.3) is 0 Å². The van der Waals surface area contributed by atoms with Crippen molar-refractivity contribution in [2.45, 2.75) is 19.0 Å². The monoisotopic (exact) mass is 330 g/mol. The van der Waals surface area contributed by atoms with E-state index in [1.165, 1.54) is 11.8 Å². The van der Waals surface area contributed by atoms with Crippen molar-refractivity contribution in [3.05, 3.63) is 0 Å². The smallest absolute Gasteiger partial charge is 0.433 e. The SMILES string of the molecule is CCOC(=O)NN(C(=O)OCC)c1c(N)nc(SC)nc1N. The Morgan fingerprint density at radius 1 is 1.18 bits per heavy atom. The summed E-state index contributed by atoms with van der Waals surface area (Å²) in [6.07, 6.45) is -0.0221. The highest BCUT2D eigenvalue weighted by Crippen LogP contribution is 2.28. The molecule has 1 aromatic heterocycles. The summed E-state index contributed by atoms with van der Waals surface area (Å²) in [4.78, 5) is 31.5. The highest BCUT2D eigenvalue weighted by Gasteiger charge is 2.26. The summed E-state index contributed by atoms with van der Waals surface area (Å²) in [5, 5.41) is 1.05. The van der Waals surface area contributed by atoms with E-state index in [1.807, 2.05) is 0 Å². The largest absolute Gasteiger partial charge is 0.449 e. The molecule has 0 bridgehead atoms. The van der Waals surface area contributed by atoms with Gasteiger partial charge in [0.2, 0.25) is 0 Å². The number of nitrogen functional groups attached to an aromatic ring is 2. The first-order chi connectivity index (χ1) is 10.4. The quantitative estimate of drug-likeness (QED) is 0.417. The van der Waals surface area contributed by atoms with Crippen molar-refractivity contribution in [3.63, 3.8) is 0 Å². The zero-order valence-electron chi connectivity index (χ0n) is 12.5. The van der Waals surface area contributed by atoms with Gasteiger partial charge in [-0.05, 0) is 20.1 Å². The van der Waals surface area contributed by atoms with E-state index in [0.29, 0.717) is 5.16 Å². The van der Waals surface area contributed by atoms with Crippen molar-refractivity contribution in [1.29, 1.82) is 0 Å². The lowest BCUT2D eigenvalue weighted by atomic mass is 10.4. The molecule has 0 saturated heterocycles. The van der Waals surface area contributed by atoms with Crippen LogP contribution in [0.25, 0.3) is 0 Å². The van der Waals surface area contributed by atoms with Crippen LogP contribution < -0.4 is 21.9 Å². The topological polar surface area (TPSA) is 146 Å². The van der Waals surface area contributed by atoms with Gasteiger partial charge < -0.3 is 20.9 Å². The van der Waals surface area contributed by atoms with Crippen molar-refractivity contribution < 1.29 is 19.1 Å². The van der Waals surface area contributed by atoms with Gasteiger partial charge in [-0.25, -0.2) is 25.0 Å². The number of hydrogen-bond donors (Lipinski definition) is 3. The summed E-state index contributed by atoms with van der Waals surface area (Å²) in [7, 11) is 0. The molecular weight excluding hydrogens is 312 g/mol. The maximum Gasteiger partial charge on any atom is 0.433 e. The minimum absolute atomic E-state index is 0.0793. The van der Waals surface area contributed by atoms with E-state index in [1.54, 1.807) is 20.1 Å². The predicted molar refractivity (Wildman–Crippen MR) is 82.3 cm³/mol. The number of carbonyl (C=O) groups is 2. The van der Waals surface area contributed by atoms with E-state index in [-0.39, 0.29) is 30.5 Å². The molecule has 0 aliphatic rings. The van der Waals surface area contributed by atoms with Gasteiger partial charge in [-0.15, -0.1) is 0 Å². The molecule has 0 radical (unpaired) electrons. The summed E-state index contributed by atoms with van der Waals surface area (Å²) in [5.74, 6) is -0.164. The maximum atomic E-state index is 12.0. The van der Waals surface area contributed by atoms with Crippen molar-refractivity contribution in [2.75, 3.05) is 35.9 Å². The summed E-state index contributed by atoms with van der Waals surface area (Å²) in [5.41, 5.74) is 13.7. The zero-order valence-corrected chi connectivity index (χ0v) is 13.3. The first-order valence-corrected chi connectivity index (χ1v) is 7.54. The van der Waals surface area contributed by atoms with Gasteiger partial charge in [0.05, 0.1) is 13.2 Å². The molecule has 1 rings (SSSR count). The zero-order chi connectivity index (χ0) is 16.7. The Hall–Kier alpha value is -2.43. The summed E-state index contributed by atoms with van der Waals surface area (Å²) >= 11 is 1.23. The molecule has 5 N–H and O–H groups in total. The number of nitrogens with one attached hydrogen (secondary N) is 1. The van der Waals surface area contributed by atoms with Crippen LogP contribution >= 0.6 is 11.8 Å². The number of ether oxygens (including phenoxy) is 2. The minimum atomic E-state index is -0.894. The van der Waals surface area contributed by atoms with Crippen LogP contribution in [-0.2, 0) is 9.47 Å². The molecule has 1 aromatic rings. The van der Waals surface area contributed by atoms with Gasteiger partial charge >= 0.3 is 12.2 Å². The van der Waals surface area contributed by atoms with Crippen LogP contribution in [0.4, 0.5) is 26.9 Å². The van der Waals surface area contributed by atoms with Gasteiger partial charge in [0, 0.05) is 0 Å². The Labute approximate surface area is 131 Å². The van der Waals surface area contributed by atoms with E-state index in [4.69, 9.17) is 20.9 Å². The Bertz CT molecular complexity index is 532. The standard InChI is InChI=1S/C11H18N6O4S/c1-4-20-10(18)16-17(11(19)21-5-2)6-7(12)14-9(22-3)15-8(6)13/h4-5H2,1-3H3,(H,16,18)(H4,12,13,14,15). The number of rotatable bonds is 4. The molecular formula is C11H18N6O4S. The summed E-state index contributed by atoms with van der Waals surface area (Å²) < 4.78 is 9.57. The molecule has 1 heterocycles. The van der Waals surface area contributed by atoms with E-state index < -0.39 is 12.2 Å². The molecule has 2 amide bonds. The highest BCUT2D eigenvalue weighted by atomic mass is 32.2. The fourth-order valence-electron chi connectivity index (χ4n) is 1.42. The van der Waals surface area contributed by atoms with Crippen LogP contribution in [0.3, 0.4) is 0 Å². The molecule has 11 heteroatoms. The second-order valence-corrected chi connectivity index (χ2v) is 4.47. The van der Waals surface area contributed by atoms with Gasteiger partial charge in [0.1, 0.15) is 0 Å². The number of amides is 2. The number of hydrogen-bond acceptors (Lipinski definition) is 9. The summed E-state index contributed by atoms with van der Waals surface area (Å²) in [6, 6.07) is 0. The Balaban J connectivity index is 3.20. The number of anilines is 3. The van der Waals surface area contributed by atoms with Crippen LogP contribution in [0.1, 0.15) is 13.8 Å². The number of hydrazine groups is 1. The number of thioether (sulfide) groups is 1. The van der Waals surface area contributed by atoms with Gasteiger partial charge in [-0.3, -0.25) is 0 Å². The average Bonchev–Trinajstić information content (AvgIpc) is 2.45. The molecule has 0 spiro atoms. The Kier molecular flexibility index (Phi) is 6.50. The maximum absolute atomic E-state index is 12.0. The Morgan fingerprint density at radius 2 is 1.73 bits per heavy atom. The minimum Gasteiger partial charge on any atom is -0.449 e. The first-order valence-electron chi connectivity index (χ1n) is 6.31. The highest BCUT2D eigenvalue weighted by molar-refractivity contribution is 7.98. The lowest BCUT2D eigenvalue weighted by molar-refractivity contribution is 0.139. The van der Waals surface area contributed by atoms with E-state index in [9.17, 15) is 9.59 Å². The van der Waals surface area contributed by atoms with Crippen LogP contribution in [-0.4, -0.2) is 41.6 Å². The third-order valence-electron chi connectivity index (χ3n) is 2.25. The average molecular weight is 330 g/mol. The number of carbonyl (C=O) groups excluding carboxylic acids is 2. The molecule has 0 saturated carbocycles. The normalized spacial score (nSPS) is 9.95. The molecule has 0 fully saturated rings. The third kappa shape index (κ3) is 4.28. The van der Waals surface area contributed by atoms with Crippen LogP contribution in [0.15, 0.2) is 5.16 Å². The van der Waals surface area contributed by atoms with Gasteiger partial charge in [-0.1, -0.05) is 11.8 Å². The van der Waals surface area contributed by atoms with Crippen LogP contribution in [0.5, 0.6) is 0 Å². The Morgan fingerprint density at radius 3 is 2.18 bits per heavy atom. The molecule has 10 nitrogen and oxygen atoms in total. The molecule has 22 heavy (non-hydrogen) atoms. The number of nitrogens with zero attached hydrogens (tertiary/aromatic N) is 3. The van der Waals surface area contributed by atoms with Gasteiger partial charge in [-0.2, -0.15) is 5.01 Å². The first kappa shape index (κ1) is 17.6. The summed E-state index contributed by atoms with van der Waals surface area (Å²) in [6.45, 7) is 3.44. The predicted octanol–water partition coefficient (Wildman–Crippen LogP) is 0.987. The second-order valence-electron chi connectivity index (χ2n) is 3.70. The van der Waals surface area contributed by atoms with E-state index in [0.717, 1.165) is 5.01 Å². The van der Waals surface area contributed by atoms with Crippen molar-refractivity contribution in [3.8, 4) is 0 Å².